The van der Waals surface area contributed by atoms with Crippen molar-refractivity contribution in [1.82, 2.24) is 4.98 Å². The minimum atomic E-state index is -1.11. The molecule has 1 aliphatic rings. The molecule has 4 rings (SSSR count). The maximum atomic E-state index is 13.5. The molecule has 1 saturated heterocycles. The summed E-state index contributed by atoms with van der Waals surface area (Å²) in [6, 6.07) is 8.70. The molecule has 3 aromatic rings. The Balaban J connectivity index is 1.95. The van der Waals surface area contributed by atoms with Crippen LogP contribution in [0.4, 0.5) is 9.52 Å². The predicted molar refractivity (Wildman–Crippen MR) is 141 cm³/mol. The lowest BCUT2D eigenvalue weighted by Gasteiger charge is -2.24. The summed E-state index contributed by atoms with van der Waals surface area (Å²) in [5, 5.41) is 11.3. The maximum Gasteiger partial charge on any atom is 0.301 e. The van der Waals surface area contributed by atoms with E-state index in [0.717, 1.165) is 28.4 Å². The van der Waals surface area contributed by atoms with E-state index >= 15 is 0 Å². The zero-order chi connectivity index (χ0) is 27.6. The Morgan fingerprint density at radius 1 is 1.18 bits per heavy atom. The van der Waals surface area contributed by atoms with E-state index in [1.165, 1.54) is 19.1 Å². The van der Waals surface area contributed by atoms with Crippen molar-refractivity contribution in [1.29, 1.82) is 0 Å². The Hall–Kier alpha value is -4.31. The van der Waals surface area contributed by atoms with Gasteiger partial charge in [-0.3, -0.25) is 19.3 Å². The number of ketones is 2. The molecule has 2 heterocycles. The van der Waals surface area contributed by atoms with Crippen molar-refractivity contribution in [2.45, 2.75) is 26.8 Å². The first kappa shape index (κ1) is 26.7. The summed E-state index contributed by atoms with van der Waals surface area (Å²) in [5.74, 6) is -2.31. The van der Waals surface area contributed by atoms with Crippen LogP contribution in [0.3, 0.4) is 0 Å². The third-order valence-corrected chi connectivity index (χ3v) is 7.07. The molecule has 0 aliphatic carbocycles. The van der Waals surface area contributed by atoms with Gasteiger partial charge in [-0.25, -0.2) is 9.37 Å². The molecule has 1 aromatic heterocycles. The number of anilines is 1. The lowest BCUT2D eigenvalue weighted by Crippen LogP contribution is -2.29. The van der Waals surface area contributed by atoms with Gasteiger partial charge in [0.2, 0.25) is 0 Å². The topological polar surface area (TPSA) is 106 Å². The van der Waals surface area contributed by atoms with Gasteiger partial charge in [-0.15, -0.1) is 0 Å². The van der Waals surface area contributed by atoms with Crippen LogP contribution >= 0.6 is 11.3 Å². The van der Waals surface area contributed by atoms with Gasteiger partial charge in [0, 0.05) is 12.5 Å². The van der Waals surface area contributed by atoms with Crippen molar-refractivity contribution < 1.29 is 33.4 Å². The second kappa shape index (κ2) is 11.0. The fraction of sp³-hybridized carbons (Fsp3) is 0.214. The van der Waals surface area contributed by atoms with Gasteiger partial charge < -0.3 is 14.6 Å². The molecule has 1 fully saturated rings. The average Bonchev–Trinajstić information content (AvgIpc) is 3.40. The van der Waals surface area contributed by atoms with Crippen LogP contribution in [0, 0.1) is 12.7 Å². The first-order chi connectivity index (χ1) is 18.2. The van der Waals surface area contributed by atoms with Crippen molar-refractivity contribution in [2.24, 2.45) is 0 Å². The number of aromatic nitrogens is 1. The molecule has 0 radical (unpaired) electrons. The first-order valence-electron chi connectivity index (χ1n) is 11.7. The molecule has 2 aromatic carbocycles. The van der Waals surface area contributed by atoms with Crippen LogP contribution in [0.1, 0.15) is 46.4 Å². The molecule has 1 N–H and O–H groups in total. The number of nitrogens with zero attached hydrogens (tertiary/aromatic N) is 2. The number of halogens is 1. The normalized spacial score (nSPS) is 16.5. The second-order valence-corrected chi connectivity index (χ2v) is 9.36. The number of benzene rings is 2. The lowest BCUT2D eigenvalue weighted by atomic mass is 9.95. The van der Waals surface area contributed by atoms with E-state index in [-0.39, 0.29) is 28.7 Å². The number of ether oxygens (including phenoxy) is 2. The fourth-order valence-corrected chi connectivity index (χ4v) is 5.14. The van der Waals surface area contributed by atoms with E-state index in [1.807, 2.05) is 0 Å². The third kappa shape index (κ3) is 4.95. The highest BCUT2D eigenvalue weighted by molar-refractivity contribution is 7.18. The van der Waals surface area contributed by atoms with Crippen LogP contribution in [-0.4, -0.2) is 40.8 Å². The lowest BCUT2D eigenvalue weighted by molar-refractivity contribution is -0.132. The Bertz CT molecular complexity index is 1460. The van der Waals surface area contributed by atoms with E-state index < -0.39 is 29.3 Å². The number of aliphatic hydroxyl groups is 1. The van der Waals surface area contributed by atoms with Gasteiger partial charge in [-0.05, 0) is 55.8 Å². The number of thiazole rings is 1. The molecule has 10 heteroatoms. The van der Waals surface area contributed by atoms with Gasteiger partial charge in [0.25, 0.3) is 5.78 Å². The average molecular weight is 537 g/mol. The highest BCUT2D eigenvalue weighted by Gasteiger charge is 2.48. The molecular formula is C28H25FN2O6S. The number of hydrogen-bond donors (Lipinski definition) is 1. The highest BCUT2D eigenvalue weighted by Crippen LogP contribution is 2.45. The Morgan fingerprint density at radius 2 is 1.89 bits per heavy atom. The van der Waals surface area contributed by atoms with Gasteiger partial charge in [0.1, 0.15) is 18.2 Å². The highest BCUT2D eigenvalue weighted by atomic mass is 32.1. The van der Waals surface area contributed by atoms with E-state index in [2.05, 4.69) is 11.6 Å². The summed E-state index contributed by atoms with van der Waals surface area (Å²) in [6.45, 7) is 9.02. The summed E-state index contributed by atoms with van der Waals surface area (Å²) in [5.41, 5.74) is 0.797. The van der Waals surface area contributed by atoms with Crippen LogP contribution in [0.5, 0.6) is 11.5 Å². The van der Waals surface area contributed by atoms with Crippen LogP contribution < -0.4 is 14.4 Å². The Morgan fingerprint density at radius 3 is 2.50 bits per heavy atom. The molecule has 8 nitrogen and oxygen atoms in total. The number of hydrogen-bond acceptors (Lipinski definition) is 8. The predicted octanol–water partition coefficient (Wildman–Crippen LogP) is 5.38. The first-order valence-corrected chi connectivity index (χ1v) is 12.5. The molecule has 0 saturated carbocycles. The van der Waals surface area contributed by atoms with Gasteiger partial charge in [-0.2, -0.15) is 0 Å². The molecule has 1 unspecified atom stereocenters. The number of amides is 1. The number of aryl methyl sites for hydroxylation is 1. The molecule has 0 spiro atoms. The van der Waals surface area contributed by atoms with Crippen molar-refractivity contribution in [3.8, 4) is 11.5 Å². The van der Waals surface area contributed by atoms with E-state index in [4.69, 9.17) is 9.47 Å². The van der Waals surface area contributed by atoms with E-state index in [9.17, 15) is 23.9 Å². The molecule has 0 bridgehead atoms. The van der Waals surface area contributed by atoms with Crippen LogP contribution in [0.2, 0.25) is 0 Å². The number of aliphatic hydroxyl groups excluding tert-OH is 1. The SMILES string of the molecule is C=CCOc1ccc(C2/C(=C(\O)c3ccc(F)cc3)C(=O)C(=O)N2c2nc(C)c(C(C)=O)s2)cc1OCC. The van der Waals surface area contributed by atoms with Crippen LogP contribution in [0.15, 0.2) is 60.7 Å². The summed E-state index contributed by atoms with van der Waals surface area (Å²) in [7, 11) is 0. The van der Waals surface area contributed by atoms with Gasteiger partial charge in [-0.1, -0.05) is 30.1 Å². The van der Waals surface area contributed by atoms with Crippen molar-refractivity contribution in [2.75, 3.05) is 18.1 Å². The number of carbonyl (C=O) groups is 3. The van der Waals surface area contributed by atoms with Crippen molar-refractivity contribution in [3.05, 3.63) is 88.2 Å². The van der Waals surface area contributed by atoms with Gasteiger partial charge in [0.05, 0.1) is 28.8 Å². The number of rotatable bonds is 9. The summed E-state index contributed by atoms with van der Waals surface area (Å²) >= 11 is 0.981. The minimum Gasteiger partial charge on any atom is -0.507 e. The molecule has 1 amide bonds. The quantitative estimate of drug-likeness (QED) is 0.129. The third-order valence-electron chi connectivity index (χ3n) is 5.81. The zero-order valence-corrected chi connectivity index (χ0v) is 21.8. The largest absolute Gasteiger partial charge is 0.507 e. The van der Waals surface area contributed by atoms with Gasteiger partial charge >= 0.3 is 5.91 Å². The Labute approximate surface area is 222 Å². The maximum absolute atomic E-state index is 13.5. The monoisotopic (exact) mass is 536 g/mol. The standard InChI is InChI=1S/C28H25FN2O6S/c1-5-13-37-20-12-9-18(14-21(20)36-6-2)23-22(24(33)17-7-10-19(29)11-8-17)25(34)27(35)31(23)28-30-15(3)26(38-28)16(4)32/h5,7-12,14,23,33H,1,6,13H2,2-4H3/b24-22+. The molecular weight excluding hydrogens is 511 g/mol. The number of Topliss-reactive ketones (excluding diaryl/α,β-unsaturated/α-hetero) is 2. The second-order valence-electron chi connectivity index (χ2n) is 8.38. The summed E-state index contributed by atoms with van der Waals surface area (Å²) in [6.07, 6.45) is 1.58. The smallest absolute Gasteiger partial charge is 0.301 e. The molecule has 1 atom stereocenters. The molecule has 38 heavy (non-hydrogen) atoms. The fourth-order valence-electron chi connectivity index (χ4n) is 4.15. The minimum absolute atomic E-state index is 0.128. The Kier molecular flexibility index (Phi) is 7.72. The molecule has 196 valence electrons. The summed E-state index contributed by atoms with van der Waals surface area (Å²) < 4.78 is 25.0. The van der Waals surface area contributed by atoms with Crippen molar-refractivity contribution >= 4 is 39.7 Å². The van der Waals surface area contributed by atoms with Crippen LogP contribution in [-0.2, 0) is 9.59 Å². The van der Waals surface area contributed by atoms with Crippen molar-refractivity contribution in [3.63, 3.8) is 0 Å². The molecule has 1 aliphatic heterocycles. The van der Waals surface area contributed by atoms with Gasteiger partial charge in [0.15, 0.2) is 22.4 Å². The van der Waals surface area contributed by atoms with E-state index in [0.29, 0.717) is 34.2 Å². The van der Waals surface area contributed by atoms with Crippen LogP contribution in [0.25, 0.3) is 5.76 Å². The zero-order valence-electron chi connectivity index (χ0n) is 21.0. The number of carbonyl (C=O) groups excluding carboxylic acids is 3. The summed E-state index contributed by atoms with van der Waals surface area (Å²) in [4.78, 5) is 44.8. The van der Waals surface area contributed by atoms with E-state index in [1.54, 1.807) is 38.1 Å².